The van der Waals surface area contributed by atoms with Crippen LogP contribution in [0.25, 0.3) is 0 Å². The molecule has 0 radical (unpaired) electrons. The number of carbonyl (C=O) groups excluding carboxylic acids is 1. The van der Waals surface area contributed by atoms with Crippen molar-refractivity contribution in [3.63, 3.8) is 0 Å². The van der Waals surface area contributed by atoms with Gasteiger partial charge in [-0.25, -0.2) is 8.42 Å². The van der Waals surface area contributed by atoms with Gasteiger partial charge in [-0.2, -0.15) is 4.31 Å². The van der Waals surface area contributed by atoms with E-state index in [-0.39, 0.29) is 10.5 Å². The molecule has 138 valence electrons. The van der Waals surface area contributed by atoms with Crippen molar-refractivity contribution >= 4 is 21.6 Å². The number of amides is 1. The Labute approximate surface area is 155 Å². The van der Waals surface area contributed by atoms with E-state index in [2.05, 4.69) is 5.32 Å². The van der Waals surface area contributed by atoms with Gasteiger partial charge in [0.2, 0.25) is 10.0 Å². The van der Waals surface area contributed by atoms with E-state index in [0.717, 1.165) is 30.4 Å². The average molecular weight is 372 g/mol. The molecule has 1 fully saturated rings. The predicted molar refractivity (Wildman–Crippen MR) is 103 cm³/mol. The predicted octanol–water partition coefficient (Wildman–Crippen LogP) is 3.73. The van der Waals surface area contributed by atoms with Crippen LogP contribution >= 0.6 is 0 Å². The summed E-state index contributed by atoms with van der Waals surface area (Å²) < 4.78 is 27.6. The van der Waals surface area contributed by atoms with Gasteiger partial charge in [0, 0.05) is 18.8 Å². The van der Waals surface area contributed by atoms with Crippen LogP contribution in [-0.4, -0.2) is 31.7 Å². The Balaban J connectivity index is 1.94. The van der Waals surface area contributed by atoms with E-state index in [9.17, 15) is 13.2 Å². The van der Waals surface area contributed by atoms with Crippen LogP contribution in [0.5, 0.6) is 0 Å². The van der Waals surface area contributed by atoms with Crippen LogP contribution < -0.4 is 5.32 Å². The van der Waals surface area contributed by atoms with Gasteiger partial charge < -0.3 is 5.32 Å². The van der Waals surface area contributed by atoms with Crippen LogP contribution in [-0.2, 0) is 10.0 Å². The van der Waals surface area contributed by atoms with Gasteiger partial charge in [0.15, 0.2) is 0 Å². The molecule has 0 unspecified atom stereocenters. The Kier molecular flexibility index (Phi) is 5.44. The standard InChI is InChI=1S/C20H24N2O3S/c1-15-9-8-11-18(16(15)2)21-20(23)17-10-4-5-12-19(17)26(24,25)22-13-6-3-7-14-22/h4-5,8-12H,3,6-7,13-14H2,1-2H3,(H,21,23). The van der Waals surface area contributed by atoms with E-state index < -0.39 is 15.9 Å². The molecule has 0 atom stereocenters. The van der Waals surface area contributed by atoms with E-state index in [1.54, 1.807) is 18.2 Å². The van der Waals surface area contributed by atoms with Gasteiger partial charge in [0.1, 0.15) is 0 Å². The van der Waals surface area contributed by atoms with Gasteiger partial charge in [-0.15, -0.1) is 0 Å². The van der Waals surface area contributed by atoms with Crippen LogP contribution in [0.15, 0.2) is 47.4 Å². The van der Waals surface area contributed by atoms with Gasteiger partial charge >= 0.3 is 0 Å². The normalized spacial score (nSPS) is 15.6. The number of carbonyl (C=O) groups is 1. The molecule has 2 aromatic rings. The zero-order valence-corrected chi connectivity index (χ0v) is 16.0. The maximum absolute atomic E-state index is 13.0. The van der Waals surface area contributed by atoms with Gasteiger partial charge in [-0.05, 0) is 56.0 Å². The van der Waals surface area contributed by atoms with Crippen molar-refractivity contribution in [2.24, 2.45) is 0 Å². The number of anilines is 1. The van der Waals surface area contributed by atoms with Crippen LogP contribution in [0.2, 0.25) is 0 Å². The lowest BCUT2D eigenvalue weighted by Gasteiger charge is -2.26. The van der Waals surface area contributed by atoms with Crippen LogP contribution in [0, 0.1) is 13.8 Å². The molecule has 1 amide bonds. The van der Waals surface area contributed by atoms with E-state index >= 15 is 0 Å². The second-order valence-corrected chi connectivity index (χ2v) is 8.57. The first-order valence-corrected chi connectivity index (χ1v) is 10.3. The summed E-state index contributed by atoms with van der Waals surface area (Å²) in [5.41, 5.74) is 2.91. The molecule has 0 spiro atoms. The van der Waals surface area contributed by atoms with Gasteiger partial charge in [0.25, 0.3) is 5.91 Å². The summed E-state index contributed by atoms with van der Waals surface area (Å²) in [6.45, 7) is 4.92. The highest BCUT2D eigenvalue weighted by atomic mass is 32.2. The lowest BCUT2D eigenvalue weighted by molar-refractivity contribution is 0.102. The minimum absolute atomic E-state index is 0.0738. The summed E-state index contributed by atoms with van der Waals surface area (Å²) in [6, 6.07) is 12.1. The number of hydrogen-bond acceptors (Lipinski definition) is 3. The minimum atomic E-state index is -3.68. The van der Waals surface area contributed by atoms with E-state index in [4.69, 9.17) is 0 Å². The number of benzene rings is 2. The van der Waals surface area contributed by atoms with Crippen LogP contribution in [0.3, 0.4) is 0 Å². The Hall–Kier alpha value is -2.18. The largest absolute Gasteiger partial charge is 0.322 e. The third kappa shape index (κ3) is 3.66. The fourth-order valence-corrected chi connectivity index (χ4v) is 4.91. The fourth-order valence-electron chi connectivity index (χ4n) is 3.20. The monoisotopic (exact) mass is 372 g/mol. The van der Waals surface area contributed by atoms with Crippen molar-refractivity contribution in [3.05, 3.63) is 59.2 Å². The molecule has 2 aromatic carbocycles. The number of nitrogens with one attached hydrogen (secondary N) is 1. The van der Waals surface area contributed by atoms with Gasteiger partial charge in [-0.1, -0.05) is 30.7 Å². The summed E-state index contributed by atoms with van der Waals surface area (Å²) in [4.78, 5) is 12.9. The molecule has 0 aromatic heterocycles. The highest BCUT2D eigenvalue weighted by Gasteiger charge is 2.29. The van der Waals surface area contributed by atoms with Crippen molar-refractivity contribution in [3.8, 4) is 0 Å². The quantitative estimate of drug-likeness (QED) is 0.889. The summed E-state index contributed by atoms with van der Waals surface area (Å²) >= 11 is 0. The number of hydrogen-bond donors (Lipinski definition) is 1. The topological polar surface area (TPSA) is 66.5 Å². The number of aryl methyl sites for hydroxylation is 1. The zero-order chi connectivity index (χ0) is 18.7. The van der Waals surface area contributed by atoms with Crippen LogP contribution in [0.4, 0.5) is 5.69 Å². The van der Waals surface area contributed by atoms with E-state index in [1.165, 1.54) is 10.4 Å². The Bertz CT molecular complexity index is 916. The van der Waals surface area contributed by atoms with Gasteiger partial charge in [0.05, 0.1) is 10.5 Å². The van der Waals surface area contributed by atoms with Crippen molar-refractivity contribution < 1.29 is 13.2 Å². The van der Waals surface area contributed by atoms with E-state index in [1.807, 2.05) is 32.0 Å². The highest BCUT2D eigenvalue weighted by Crippen LogP contribution is 2.25. The molecule has 1 saturated heterocycles. The van der Waals surface area contributed by atoms with Crippen molar-refractivity contribution in [2.45, 2.75) is 38.0 Å². The summed E-state index contributed by atoms with van der Waals surface area (Å²) in [7, 11) is -3.68. The molecule has 0 aliphatic carbocycles. The molecule has 0 saturated carbocycles. The molecule has 6 heteroatoms. The van der Waals surface area contributed by atoms with Crippen molar-refractivity contribution in [1.82, 2.24) is 4.31 Å². The Morgan fingerprint density at radius 1 is 0.962 bits per heavy atom. The number of nitrogens with zero attached hydrogens (tertiary/aromatic N) is 1. The summed E-state index contributed by atoms with van der Waals surface area (Å²) in [6.07, 6.45) is 2.76. The third-order valence-corrected chi connectivity index (χ3v) is 6.87. The number of sulfonamides is 1. The zero-order valence-electron chi connectivity index (χ0n) is 15.2. The first-order valence-electron chi connectivity index (χ1n) is 8.88. The first kappa shape index (κ1) is 18.6. The smallest absolute Gasteiger partial charge is 0.257 e. The highest BCUT2D eigenvalue weighted by molar-refractivity contribution is 7.89. The maximum Gasteiger partial charge on any atom is 0.257 e. The molecular weight excluding hydrogens is 348 g/mol. The third-order valence-electron chi connectivity index (χ3n) is 4.92. The molecule has 0 bridgehead atoms. The second kappa shape index (κ2) is 7.60. The Morgan fingerprint density at radius 3 is 2.38 bits per heavy atom. The fraction of sp³-hybridized carbons (Fsp3) is 0.350. The SMILES string of the molecule is Cc1cccc(NC(=O)c2ccccc2S(=O)(=O)N2CCCCC2)c1C. The van der Waals surface area contributed by atoms with Crippen LogP contribution in [0.1, 0.15) is 40.7 Å². The minimum Gasteiger partial charge on any atom is -0.322 e. The van der Waals surface area contributed by atoms with Gasteiger partial charge in [-0.3, -0.25) is 4.79 Å². The lowest BCUT2D eigenvalue weighted by Crippen LogP contribution is -2.36. The number of rotatable bonds is 4. The Morgan fingerprint density at radius 2 is 1.65 bits per heavy atom. The average Bonchev–Trinajstić information content (AvgIpc) is 2.66. The second-order valence-electron chi connectivity index (χ2n) is 6.66. The number of piperidine rings is 1. The molecule has 1 heterocycles. The summed E-state index contributed by atoms with van der Waals surface area (Å²) in [5, 5.41) is 2.86. The summed E-state index contributed by atoms with van der Waals surface area (Å²) in [5.74, 6) is -0.408. The molecular formula is C20H24N2O3S. The van der Waals surface area contributed by atoms with Crippen molar-refractivity contribution in [1.29, 1.82) is 0 Å². The lowest BCUT2D eigenvalue weighted by atomic mass is 10.1. The van der Waals surface area contributed by atoms with E-state index in [0.29, 0.717) is 18.8 Å². The molecule has 1 aliphatic rings. The first-order chi connectivity index (χ1) is 12.4. The molecule has 3 rings (SSSR count). The molecule has 1 aliphatic heterocycles. The molecule has 1 N–H and O–H groups in total. The maximum atomic E-state index is 13.0. The molecule has 26 heavy (non-hydrogen) atoms. The van der Waals surface area contributed by atoms with Crippen molar-refractivity contribution in [2.75, 3.05) is 18.4 Å². The molecule has 5 nitrogen and oxygen atoms in total.